The Morgan fingerprint density at radius 1 is 0.386 bits per heavy atom. The molecule has 266 valence electrons. The van der Waals surface area contributed by atoms with E-state index in [9.17, 15) is 0 Å². The van der Waals surface area contributed by atoms with Crippen molar-refractivity contribution < 1.29 is 4.42 Å². The molecule has 12 rings (SSSR count). The zero-order valence-corrected chi connectivity index (χ0v) is 31.5. The number of fused-ring (bicyclic) bond motifs is 12. The van der Waals surface area contributed by atoms with Gasteiger partial charge in [0.2, 0.25) is 0 Å². The summed E-state index contributed by atoms with van der Waals surface area (Å²) in [6.45, 7) is 0. The molecule has 0 bridgehead atoms. The Labute approximate surface area is 334 Å². The van der Waals surface area contributed by atoms with Gasteiger partial charge >= 0.3 is 0 Å². The van der Waals surface area contributed by atoms with Crippen LogP contribution in [0, 0.1) is 0 Å². The van der Waals surface area contributed by atoms with Crippen molar-refractivity contribution in [3.63, 3.8) is 0 Å². The maximum Gasteiger partial charge on any atom is 0.160 e. The van der Waals surface area contributed by atoms with Crippen LogP contribution in [-0.4, -0.2) is 9.97 Å². The zero-order valence-electron chi connectivity index (χ0n) is 30.7. The van der Waals surface area contributed by atoms with Crippen LogP contribution in [0.2, 0.25) is 0 Å². The van der Waals surface area contributed by atoms with E-state index in [0.29, 0.717) is 5.82 Å². The molecule has 0 unspecified atom stereocenters. The summed E-state index contributed by atoms with van der Waals surface area (Å²) < 4.78 is 7.04. The van der Waals surface area contributed by atoms with Crippen LogP contribution in [-0.2, 0) is 5.41 Å². The van der Waals surface area contributed by atoms with Gasteiger partial charge in [-0.25, -0.2) is 9.97 Å². The van der Waals surface area contributed by atoms with Crippen molar-refractivity contribution in [3.05, 3.63) is 216 Å². The van der Waals surface area contributed by atoms with Gasteiger partial charge in [-0.05, 0) is 75.3 Å². The van der Waals surface area contributed by atoms with E-state index in [-0.39, 0.29) is 0 Å². The van der Waals surface area contributed by atoms with Gasteiger partial charge < -0.3 is 4.42 Å². The average Bonchev–Trinajstić information content (AvgIpc) is 3.79. The van der Waals surface area contributed by atoms with Crippen LogP contribution in [0.15, 0.2) is 208 Å². The Bertz CT molecular complexity index is 3120. The smallest absolute Gasteiger partial charge is 0.160 e. The summed E-state index contributed by atoms with van der Waals surface area (Å²) in [5.74, 6) is 0.700. The molecular weight excluding hydrogens is 713 g/mol. The Morgan fingerprint density at radius 2 is 0.965 bits per heavy atom. The summed E-state index contributed by atoms with van der Waals surface area (Å²) in [6, 6.07) is 69.3. The van der Waals surface area contributed by atoms with Gasteiger partial charge in [0.25, 0.3) is 0 Å². The van der Waals surface area contributed by atoms with Crippen LogP contribution >= 0.6 is 11.8 Å². The lowest BCUT2D eigenvalue weighted by Crippen LogP contribution is -2.31. The predicted molar refractivity (Wildman–Crippen MR) is 232 cm³/mol. The number of aromatic nitrogens is 2. The Hall–Kier alpha value is -7.01. The average molecular weight is 745 g/mol. The van der Waals surface area contributed by atoms with Crippen LogP contribution in [0.4, 0.5) is 0 Å². The number of hydrogen-bond donors (Lipinski definition) is 0. The van der Waals surface area contributed by atoms with Crippen LogP contribution < -0.4 is 0 Å². The highest BCUT2D eigenvalue weighted by Gasteiger charge is 2.50. The molecule has 2 aromatic heterocycles. The minimum absolute atomic E-state index is 0.455. The van der Waals surface area contributed by atoms with Crippen molar-refractivity contribution in [2.75, 3.05) is 0 Å². The topological polar surface area (TPSA) is 38.9 Å². The quantitative estimate of drug-likeness (QED) is 0.180. The van der Waals surface area contributed by atoms with E-state index in [1.807, 2.05) is 48.2 Å². The summed E-state index contributed by atoms with van der Waals surface area (Å²) >= 11 is 1.87. The second-order valence-corrected chi connectivity index (χ2v) is 15.9. The monoisotopic (exact) mass is 744 g/mol. The van der Waals surface area contributed by atoms with Gasteiger partial charge in [-0.2, -0.15) is 0 Å². The molecule has 0 atom stereocenters. The minimum Gasteiger partial charge on any atom is -0.455 e. The molecule has 0 N–H and O–H groups in total. The SMILES string of the molecule is c1ccc(-c2cc(-c3cccc(-c4cccc5c4oc4cc6c(cc45)-c4ccccc4C64c5ccccc5Sc5ccccc54)c3)nc(-c3ccccc3)n2)cc1. The molecule has 0 saturated heterocycles. The van der Waals surface area contributed by atoms with Crippen LogP contribution in [0.5, 0.6) is 0 Å². The fourth-order valence-electron chi connectivity index (χ4n) is 9.28. The molecule has 3 nitrogen and oxygen atoms in total. The van der Waals surface area contributed by atoms with E-state index in [0.717, 1.165) is 61.1 Å². The van der Waals surface area contributed by atoms with Crippen molar-refractivity contribution in [1.82, 2.24) is 9.97 Å². The predicted octanol–water partition coefficient (Wildman–Crippen LogP) is 13.9. The molecule has 0 radical (unpaired) electrons. The number of para-hydroxylation sites is 1. The molecule has 2 aliphatic rings. The standard InChI is InChI=1S/C53H32N2OS/c1-3-15-33(16-4-1)46-32-47(55-52(54-46)34-17-5-2-6-18-34)36-20-13-19-35(29-36)37-22-14-23-39-41-30-40-38-21-7-8-24-42(38)53(45(40)31-48(41)56-51(37)39)43-25-9-11-27-49(43)57-50-28-12-10-26-44(50)53/h1-32H. The molecule has 0 amide bonds. The van der Waals surface area contributed by atoms with Crippen LogP contribution in [0.3, 0.4) is 0 Å². The molecule has 1 aliphatic carbocycles. The molecule has 0 saturated carbocycles. The highest BCUT2D eigenvalue weighted by molar-refractivity contribution is 7.99. The molecular formula is C53H32N2OS. The largest absolute Gasteiger partial charge is 0.455 e. The van der Waals surface area contributed by atoms with Crippen molar-refractivity contribution in [1.29, 1.82) is 0 Å². The molecule has 8 aromatic carbocycles. The lowest BCUT2D eigenvalue weighted by molar-refractivity contribution is 0.665. The molecule has 57 heavy (non-hydrogen) atoms. The van der Waals surface area contributed by atoms with Gasteiger partial charge in [-0.1, -0.05) is 169 Å². The molecule has 10 aromatic rings. The third-order valence-corrected chi connectivity index (χ3v) is 12.9. The van der Waals surface area contributed by atoms with Crippen molar-refractivity contribution in [2.24, 2.45) is 0 Å². The number of nitrogens with zero attached hydrogens (tertiary/aromatic N) is 2. The maximum absolute atomic E-state index is 7.04. The number of furan rings is 1. The molecule has 4 heteroatoms. The first kappa shape index (κ1) is 32.3. The first-order valence-electron chi connectivity index (χ1n) is 19.3. The third-order valence-electron chi connectivity index (χ3n) is 11.8. The molecule has 1 spiro atoms. The highest BCUT2D eigenvalue weighted by atomic mass is 32.2. The summed E-state index contributed by atoms with van der Waals surface area (Å²) in [6.07, 6.45) is 0. The van der Waals surface area contributed by atoms with E-state index in [1.165, 1.54) is 43.2 Å². The molecule has 3 heterocycles. The number of rotatable bonds is 4. The van der Waals surface area contributed by atoms with Crippen molar-refractivity contribution in [3.8, 4) is 56.2 Å². The van der Waals surface area contributed by atoms with Crippen molar-refractivity contribution >= 4 is 33.7 Å². The van der Waals surface area contributed by atoms with Gasteiger partial charge in [0, 0.05) is 42.8 Å². The summed E-state index contributed by atoms with van der Waals surface area (Å²) in [4.78, 5) is 12.7. The zero-order chi connectivity index (χ0) is 37.5. The fraction of sp³-hybridized carbons (Fsp3) is 0.0189. The number of benzene rings is 8. The molecule has 0 fully saturated rings. The van der Waals surface area contributed by atoms with Crippen LogP contribution in [0.1, 0.15) is 22.3 Å². The minimum atomic E-state index is -0.455. The van der Waals surface area contributed by atoms with E-state index in [1.54, 1.807) is 0 Å². The van der Waals surface area contributed by atoms with Crippen molar-refractivity contribution in [2.45, 2.75) is 15.2 Å². The summed E-state index contributed by atoms with van der Waals surface area (Å²) in [5.41, 5.74) is 16.0. The lowest BCUT2D eigenvalue weighted by atomic mass is 9.67. The third kappa shape index (κ3) is 4.81. The summed E-state index contributed by atoms with van der Waals surface area (Å²) in [5, 5.41) is 2.23. The lowest BCUT2D eigenvalue weighted by Gasteiger charge is -2.39. The second-order valence-electron chi connectivity index (χ2n) is 14.8. The second kappa shape index (κ2) is 12.5. The number of hydrogen-bond acceptors (Lipinski definition) is 4. The summed E-state index contributed by atoms with van der Waals surface area (Å²) in [7, 11) is 0. The Morgan fingerprint density at radius 3 is 1.72 bits per heavy atom. The maximum atomic E-state index is 7.04. The Kier molecular flexibility index (Phi) is 7.08. The van der Waals surface area contributed by atoms with Crippen LogP contribution in [0.25, 0.3) is 78.1 Å². The highest BCUT2D eigenvalue weighted by Crippen LogP contribution is 2.62. The molecule has 1 aliphatic heterocycles. The first-order chi connectivity index (χ1) is 28.2. The normalized spacial score (nSPS) is 13.3. The van der Waals surface area contributed by atoms with E-state index >= 15 is 0 Å². The van der Waals surface area contributed by atoms with Gasteiger partial charge in [0.15, 0.2) is 5.82 Å². The van der Waals surface area contributed by atoms with E-state index in [2.05, 4.69) is 158 Å². The van der Waals surface area contributed by atoms with Gasteiger partial charge in [0.05, 0.1) is 16.8 Å². The van der Waals surface area contributed by atoms with Gasteiger partial charge in [-0.15, -0.1) is 0 Å². The van der Waals surface area contributed by atoms with Gasteiger partial charge in [-0.3, -0.25) is 0 Å². The Balaban J connectivity index is 1.05. The fourth-order valence-corrected chi connectivity index (χ4v) is 10.5. The first-order valence-corrected chi connectivity index (χ1v) is 20.1. The van der Waals surface area contributed by atoms with Gasteiger partial charge in [0.1, 0.15) is 11.2 Å². The van der Waals surface area contributed by atoms with E-state index in [4.69, 9.17) is 14.4 Å². The van der Waals surface area contributed by atoms with E-state index < -0.39 is 5.41 Å².